The van der Waals surface area contributed by atoms with Crippen molar-refractivity contribution in [2.75, 3.05) is 13.7 Å². The Labute approximate surface area is 108 Å². The Morgan fingerprint density at radius 1 is 1.58 bits per heavy atom. The van der Waals surface area contributed by atoms with Gasteiger partial charge in [0.05, 0.1) is 18.6 Å². The zero-order chi connectivity index (χ0) is 14.4. The van der Waals surface area contributed by atoms with E-state index in [9.17, 15) is 14.8 Å². The fourth-order valence-electron chi connectivity index (χ4n) is 1.57. The molecular formula is C9H15N3O7. The molecule has 0 amide bonds. The van der Waals surface area contributed by atoms with E-state index in [-0.39, 0.29) is 11.5 Å². The average molecular weight is 277 g/mol. The van der Waals surface area contributed by atoms with Gasteiger partial charge < -0.3 is 19.8 Å². The summed E-state index contributed by atoms with van der Waals surface area (Å²) in [7, 11) is 1.12. The van der Waals surface area contributed by atoms with E-state index < -0.39 is 24.5 Å². The summed E-state index contributed by atoms with van der Waals surface area (Å²) in [6.45, 7) is 1.59. The molecule has 1 aliphatic rings. The van der Waals surface area contributed by atoms with Gasteiger partial charge in [0.15, 0.2) is 6.04 Å². The summed E-state index contributed by atoms with van der Waals surface area (Å²) in [4.78, 5) is 26.2. The topological polar surface area (TPSA) is 124 Å². The third kappa shape index (κ3) is 4.16. The lowest BCUT2D eigenvalue weighted by atomic mass is 10.2. The normalized spacial score (nSPS) is 20.8. The number of methoxy groups -OCH3 is 1. The molecule has 0 saturated carbocycles. The van der Waals surface area contributed by atoms with Crippen LogP contribution in [0.5, 0.6) is 0 Å². The van der Waals surface area contributed by atoms with Crippen molar-refractivity contribution in [3.05, 3.63) is 5.21 Å². The number of hydrogen-bond donors (Lipinski definition) is 1. The smallest absolute Gasteiger partial charge is 0.511 e. The molecule has 1 aliphatic heterocycles. The van der Waals surface area contributed by atoms with Crippen LogP contribution in [0, 0.1) is 5.21 Å². The van der Waals surface area contributed by atoms with Crippen molar-refractivity contribution in [2.45, 2.75) is 32.1 Å². The highest BCUT2D eigenvalue weighted by Gasteiger charge is 2.37. The second-order valence-corrected chi connectivity index (χ2v) is 3.74. The van der Waals surface area contributed by atoms with Gasteiger partial charge in [-0.3, -0.25) is 4.84 Å². The summed E-state index contributed by atoms with van der Waals surface area (Å²) in [5, 5.41) is 24.6. The van der Waals surface area contributed by atoms with Crippen LogP contribution in [0.4, 0.5) is 4.79 Å². The van der Waals surface area contributed by atoms with Crippen LogP contribution < -0.4 is 0 Å². The number of ether oxygens (including phenoxy) is 2. The molecule has 0 aliphatic carbocycles. The van der Waals surface area contributed by atoms with E-state index in [0.29, 0.717) is 12.8 Å². The van der Waals surface area contributed by atoms with Crippen molar-refractivity contribution in [3.8, 4) is 0 Å². The molecule has 2 atom stereocenters. The molecule has 1 rings (SSSR count). The number of carbonyl (C=O) groups is 2. The lowest BCUT2D eigenvalue weighted by Gasteiger charge is -2.16. The Balaban J connectivity index is 2.52. The Morgan fingerprint density at radius 3 is 2.84 bits per heavy atom. The van der Waals surface area contributed by atoms with Crippen LogP contribution in [0.15, 0.2) is 5.28 Å². The van der Waals surface area contributed by atoms with Crippen LogP contribution in [0.1, 0.15) is 19.8 Å². The van der Waals surface area contributed by atoms with E-state index in [2.05, 4.69) is 19.6 Å². The maximum atomic E-state index is 11.5. The van der Waals surface area contributed by atoms with Crippen molar-refractivity contribution < 1.29 is 34.0 Å². The van der Waals surface area contributed by atoms with Crippen LogP contribution in [-0.4, -0.2) is 53.2 Å². The van der Waals surface area contributed by atoms with E-state index in [1.54, 1.807) is 0 Å². The molecule has 1 unspecified atom stereocenters. The number of rotatable bonds is 5. The van der Waals surface area contributed by atoms with Gasteiger partial charge in [0.1, 0.15) is 0 Å². The summed E-state index contributed by atoms with van der Waals surface area (Å²) >= 11 is 0. The van der Waals surface area contributed by atoms with Crippen LogP contribution >= 0.6 is 0 Å². The Bertz CT molecular complexity index is 373. The van der Waals surface area contributed by atoms with Gasteiger partial charge in [-0.2, -0.15) is 0 Å². The first-order valence-electron chi connectivity index (χ1n) is 5.53. The molecule has 0 bridgehead atoms. The van der Waals surface area contributed by atoms with Crippen molar-refractivity contribution in [2.24, 2.45) is 5.28 Å². The molecule has 1 saturated heterocycles. The fraction of sp³-hybridized carbons (Fsp3) is 0.778. The van der Waals surface area contributed by atoms with Gasteiger partial charge in [-0.25, -0.2) is 9.59 Å². The largest absolute Gasteiger partial charge is 0.569 e. The third-order valence-electron chi connectivity index (χ3n) is 2.42. The van der Waals surface area contributed by atoms with Crippen molar-refractivity contribution in [1.29, 1.82) is 0 Å². The number of carbonyl (C=O) groups excluding carboxylic acids is 1. The zero-order valence-corrected chi connectivity index (χ0v) is 10.5. The van der Waals surface area contributed by atoms with Crippen LogP contribution in [-0.2, 0) is 19.1 Å². The lowest BCUT2D eigenvalue weighted by molar-refractivity contribution is -0.714. The fourth-order valence-corrected chi connectivity index (χ4v) is 1.57. The number of hydrogen-bond acceptors (Lipinski definition) is 7. The van der Waals surface area contributed by atoms with E-state index in [0.717, 1.165) is 12.1 Å². The first-order chi connectivity index (χ1) is 8.95. The van der Waals surface area contributed by atoms with Gasteiger partial charge in [0.2, 0.25) is 5.28 Å². The van der Waals surface area contributed by atoms with Gasteiger partial charge in [0, 0.05) is 6.92 Å². The Morgan fingerprint density at radius 2 is 2.26 bits per heavy atom. The van der Waals surface area contributed by atoms with Gasteiger partial charge >= 0.3 is 12.1 Å². The lowest BCUT2D eigenvalue weighted by Crippen LogP contribution is -2.40. The predicted molar refractivity (Wildman–Crippen MR) is 57.5 cm³/mol. The molecule has 19 heavy (non-hydrogen) atoms. The first-order valence-corrected chi connectivity index (χ1v) is 5.53. The first kappa shape index (κ1) is 14.8. The van der Waals surface area contributed by atoms with Crippen molar-refractivity contribution >= 4 is 12.1 Å². The number of carboxylic acids is 1. The Kier molecular flexibility index (Phi) is 5.15. The highest BCUT2D eigenvalue weighted by molar-refractivity contribution is 5.73. The van der Waals surface area contributed by atoms with E-state index in [1.165, 1.54) is 6.92 Å². The molecule has 1 fully saturated rings. The summed E-state index contributed by atoms with van der Waals surface area (Å²) in [5.74, 6) is -1.10. The second-order valence-electron chi connectivity index (χ2n) is 3.74. The van der Waals surface area contributed by atoms with Gasteiger partial charge in [-0.05, 0) is 12.8 Å². The SMILES string of the molecule is COC(=O)OC(C)O/N=[N+](\[O-])N1CCC[C@H]1C(=O)O. The molecule has 1 N–H and O–H groups in total. The highest BCUT2D eigenvalue weighted by atomic mass is 16.8. The van der Waals surface area contributed by atoms with Gasteiger partial charge in [-0.15, -0.1) is 5.01 Å². The average Bonchev–Trinajstić information content (AvgIpc) is 2.85. The molecule has 0 aromatic heterocycles. The van der Waals surface area contributed by atoms with Crippen LogP contribution in [0.25, 0.3) is 0 Å². The number of carboxylic acid groups (broad SMARTS) is 1. The monoisotopic (exact) mass is 277 g/mol. The molecular weight excluding hydrogens is 262 g/mol. The molecule has 108 valence electrons. The summed E-state index contributed by atoms with van der Waals surface area (Å²) in [6, 6.07) is -0.929. The van der Waals surface area contributed by atoms with Crippen molar-refractivity contribution in [3.63, 3.8) is 0 Å². The van der Waals surface area contributed by atoms with E-state index >= 15 is 0 Å². The molecule has 0 aromatic rings. The Hall–Kier alpha value is -2.26. The third-order valence-corrected chi connectivity index (χ3v) is 2.42. The number of nitrogens with zero attached hydrogens (tertiary/aromatic N) is 3. The van der Waals surface area contributed by atoms with Gasteiger partial charge in [-0.1, -0.05) is 0 Å². The summed E-state index contributed by atoms with van der Waals surface area (Å²) in [5.41, 5.74) is 0. The minimum absolute atomic E-state index is 0.0446. The standard InChI is InChI=1S/C9H15N3O7/c1-6(18-9(15)17-2)19-10-12(16)11-5-3-4-7(11)8(13)14/h6-7H,3-5H2,1-2H3,(H,13,14)/b12-10-/t6?,7-/m0/s1. The number of aliphatic carboxylic acids is 1. The van der Waals surface area contributed by atoms with Crippen molar-refractivity contribution in [1.82, 2.24) is 5.01 Å². The second kappa shape index (κ2) is 6.61. The molecule has 0 spiro atoms. The maximum absolute atomic E-state index is 11.5. The maximum Gasteiger partial charge on any atom is 0.511 e. The van der Waals surface area contributed by atoms with E-state index in [4.69, 9.17) is 5.11 Å². The molecule has 10 nitrogen and oxygen atoms in total. The number of hydrazine groups is 1. The minimum Gasteiger partial charge on any atom is -0.569 e. The molecule has 1 heterocycles. The molecule has 0 aromatic carbocycles. The zero-order valence-electron chi connectivity index (χ0n) is 10.5. The molecule has 0 radical (unpaired) electrons. The minimum atomic E-state index is -1.13. The predicted octanol–water partition coefficient (Wildman–Crippen LogP) is 0.473. The van der Waals surface area contributed by atoms with Gasteiger partial charge in [0.25, 0.3) is 6.29 Å². The van der Waals surface area contributed by atoms with Crippen LogP contribution in [0.3, 0.4) is 0 Å². The quantitative estimate of drug-likeness (QED) is 0.253. The van der Waals surface area contributed by atoms with Crippen LogP contribution in [0.2, 0.25) is 0 Å². The molecule has 10 heteroatoms. The van der Waals surface area contributed by atoms with E-state index in [1.807, 2.05) is 0 Å². The summed E-state index contributed by atoms with van der Waals surface area (Å²) in [6.07, 6.45) is -1.18. The highest BCUT2D eigenvalue weighted by Crippen LogP contribution is 2.17. The summed E-state index contributed by atoms with van der Waals surface area (Å²) < 4.78 is 8.72.